The predicted octanol–water partition coefficient (Wildman–Crippen LogP) is 0.739. The number of likely N-dealkylation sites (tertiary alicyclic amines) is 1. The van der Waals surface area contributed by atoms with E-state index in [-0.39, 0.29) is 6.67 Å². The first-order valence-corrected chi connectivity index (χ1v) is 7.30. The Hall–Kier alpha value is -1.44. The molecule has 0 amide bonds. The van der Waals surface area contributed by atoms with Gasteiger partial charge < -0.3 is 20.5 Å². The largest absolute Gasteiger partial charge is 0.756 e. The van der Waals surface area contributed by atoms with E-state index in [1.807, 2.05) is 0 Å². The van der Waals surface area contributed by atoms with Crippen molar-refractivity contribution >= 4 is 11.8 Å². The van der Waals surface area contributed by atoms with Crippen LogP contribution in [0.5, 0.6) is 0 Å². The van der Waals surface area contributed by atoms with Crippen molar-refractivity contribution in [3.8, 4) is 0 Å². The summed E-state index contributed by atoms with van der Waals surface area (Å²) in [6.07, 6.45) is 5.68. The summed E-state index contributed by atoms with van der Waals surface area (Å²) in [5.74, 6) is 1.03. The topological polar surface area (TPSA) is 79.4 Å². The van der Waals surface area contributed by atoms with Gasteiger partial charge in [-0.2, -0.15) is 4.98 Å². The van der Waals surface area contributed by atoms with Crippen LogP contribution < -0.4 is 15.7 Å². The second kappa shape index (κ2) is 6.34. The number of hydroxylamine groups is 1. The second-order valence-corrected chi connectivity index (χ2v) is 5.33. The molecule has 7 nitrogen and oxygen atoms in total. The van der Waals surface area contributed by atoms with Gasteiger partial charge in [-0.1, -0.05) is 6.42 Å². The normalized spacial score (nSPS) is 19.8. The highest BCUT2D eigenvalue weighted by Gasteiger charge is 2.13. The lowest BCUT2D eigenvalue weighted by molar-refractivity contribution is 0.237. The third kappa shape index (κ3) is 3.17. The number of anilines is 2. The van der Waals surface area contributed by atoms with Gasteiger partial charge in [-0.15, -0.1) is 0 Å². The number of hydrogen-bond acceptors (Lipinski definition) is 7. The van der Waals surface area contributed by atoms with Gasteiger partial charge >= 0.3 is 0 Å². The highest BCUT2D eigenvalue weighted by molar-refractivity contribution is 5.51. The van der Waals surface area contributed by atoms with E-state index in [0.717, 1.165) is 23.7 Å². The first-order chi connectivity index (χ1) is 9.83. The molecule has 20 heavy (non-hydrogen) atoms. The Morgan fingerprint density at radius 1 is 1.30 bits per heavy atom. The fourth-order valence-electron chi connectivity index (χ4n) is 2.70. The Bertz CT molecular complexity index is 448. The first kappa shape index (κ1) is 13.5. The Morgan fingerprint density at radius 3 is 3.00 bits per heavy atom. The number of fused-ring (bicyclic) bond motifs is 1. The summed E-state index contributed by atoms with van der Waals surface area (Å²) < 4.78 is 0. The summed E-state index contributed by atoms with van der Waals surface area (Å²) in [4.78, 5) is 11.0. The zero-order valence-electron chi connectivity index (χ0n) is 11.6. The van der Waals surface area contributed by atoms with Gasteiger partial charge in [0.2, 0.25) is 5.95 Å². The van der Waals surface area contributed by atoms with Crippen molar-refractivity contribution in [3.05, 3.63) is 17.0 Å². The number of piperidine rings is 1. The number of aromatic nitrogens is 2. The standard InChI is InChI=1S/C13H21N6O/c20-19-10-14-8-11-9-16-13(17-12(11)19)15-4-7-18-5-2-1-3-6-18/h9,14H,1-8,10H2,(H,15,16,17)/q-1. The molecule has 0 unspecified atom stereocenters. The molecule has 0 aliphatic carbocycles. The van der Waals surface area contributed by atoms with Crippen molar-refractivity contribution in [2.45, 2.75) is 25.8 Å². The number of nitrogens with zero attached hydrogens (tertiary/aromatic N) is 4. The monoisotopic (exact) mass is 277 g/mol. The minimum absolute atomic E-state index is 0.289. The molecule has 2 aliphatic heterocycles. The van der Waals surface area contributed by atoms with Crippen LogP contribution in [0.15, 0.2) is 6.20 Å². The van der Waals surface area contributed by atoms with Crippen molar-refractivity contribution in [1.29, 1.82) is 0 Å². The molecular formula is C13H21N6O-. The van der Waals surface area contributed by atoms with Crippen LogP contribution in [0.3, 0.4) is 0 Å². The third-order valence-corrected chi connectivity index (χ3v) is 3.81. The maximum absolute atomic E-state index is 11.7. The number of nitrogens with one attached hydrogen (secondary N) is 2. The van der Waals surface area contributed by atoms with Crippen LogP contribution in [-0.2, 0) is 6.54 Å². The molecule has 0 aromatic carbocycles. The number of hydrogen-bond donors (Lipinski definition) is 2. The molecular weight excluding hydrogens is 256 g/mol. The Balaban J connectivity index is 1.53. The molecule has 2 N–H and O–H groups in total. The maximum Gasteiger partial charge on any atom is 0.224 e. The first-order valence-electron chi connectivity index (χ1n) is 7.30. The van der Waals surface area contributed by atoms with Crippen molar-refractivity contribution in [2.75, 3.05) is 43.2 Å². The number of rotatable bonds is 4. The molecule has 1 aromatic heterocycles. The summed E-state index contributed by atoms with van der Waals surface area (Å²) >= 11 is 0. The van der Waals surface area contributed by atoms with Crippen molar-refractivity contribution in [3.63, 3.8) is 0 Å². The van der Waals surface area contributed by atoms with E-state index in [2.05, 4.69) is 25.5 Å². The Morgan fingerprint density at radius 2 is 2.15 bits per heavy atom. The minimum Gasteiger partial charge on any atom is -0.756 e. The molecule has 3 heterocycles. The zero-order valence-corrected chi connectivity index (χ0v) is 11.6. The summed E-state index contributed by atoms with van der Waals surface area (Å²) in [5, 5.41) is 18.8. The molecule has 1 saturated heterocycles. The lowest BCUT2D eigenvalue weighted by atomic mass is 10.1. The smallest absolute Gasteiger partial charge is 0.224 e. The Kier molecular flexibility index (Phi) is 4.29. The molecule has 0 atom stereocenters. The molecule has 1 aromatic rings. The SMILES string of the molecule is [O-]N1CNCc2cnc(NCCN3CCCCC3)nc21. The molecule has 7 heteroatoms. The summed E-state index contributed by atoms with van der Waals surface area (Å²) in [7, 11) is 0. The van der Waals surface area contributed by atoms with Crippen LogP contribution in [0.1, 0.15) is 24.8 Å². The minimum atomic E-state index is 0.289. The molecule has 1 fully saturated rings. The molecule has 0 spiro atoms. The van der Waals surface area contributed by atoms with E-state index in [1.54, 1.807) is 6.20 Å². The highest BCUT2D eigenvalue weighted by Crippen LogP contribution is 2.20. The van der Waals surface area contributed by atoms with E-state index in [1.165, 1.54) is 32.4 Å². The van der Waals surface area contributed by atoms with Crippen LogP contribution >= 0.6 is 0 Å². The van der Waals surface area contributed by atoms with E-state index >= 15 is 0 Å². The van der Waals surface area contributed by atoms with Crippen LogP contribution in [0.4, 0.5) is 11.8 Å². The van der Waals surface area contributed by atoms with Gasteiger partial charge in [-0.05, 0) is 25.9 Å². The second-order valence-electron chi connectivity index (χ2n) is 5.33. The Labute approximate surface area is 119 Å². The quantitative estimate of drug-likeness (QED) is 0.840. The van der Waals surface area contributed by atoms with Crippen LogP contribution in [0.2, 0.25) is 0 Å². The van der Waals surface area contributed by atoms with E-state index < -0.39 is 0 Å². The van der Waals surface area contributed by atoms with E-state index in [4.69, 9.17) is 0 Å². The van der Waals surface area contributed by atoms with Crippen LogP contribution in [-0.4, -0.2) is 47.7 Å². The summed E-state index contributed by atoms with van der Waals surface area (Å²) in [6.45, 7) is 5.14. The highest BCUT2D eigenvalue weighted by atomic mass is 16.5. The van der Waals surface area contributed by atoms with E-state index in [0.29, 0.717) is 18.3 Å². The van der Waals surface area contributed by atoms with Gasteiger partial charge in [0, 0.05) is 31.4 Å². The lowest BCUT2D eigenvalue weighted by Crippen LogP contribution is -2.36. The van der Waals surface area contributed by atoms with Crippen molar-refractivity contribution in [2.24, 2.45) is 0 Å². The fraction of sp³-hybridized carbons (Fsp3) is 0.692. The zero-order chi connectivity index (χ0) is 13.8. The van der Waals surface area contributed by atoms with Crippen molar-refractivity contribution in [1.82, 2.24) is 20.2 Å². The summed E-state index contributed by atoms with van der Waals surface area (Å²) in [5.41, 5.74) is 0.854. The predicted molar refractivity (Wildman–Crippen MR) is 78.4 cm³/mol. The molecule has 0 saturated carbocycles. The van der Waals surface area contributed by atoms with Crippen molar-refractivity contribution < 1.29 is 0 Å². The molecule has 3 rings (SSSR count). The molecule has 0 radical (unpaired) electrons. The van der Waals surface area contributed by atoms with Gasteiger partial charge in [0.25, 0.3) is 0 Å². The van der Waals surface area contributed by atoms with E-state index in [9.17, 15) is 5.21 Å². The van der Waals surface area contributed by atoms with Crippen LogP contribution in [0.25, 0.3) is 0 Å². The van der Waals surface area contributed by atoms with Gasteiger partial charge in [-0.25, -0.2) is 4.98 Å². The lowest BCUT2D eigenvalue weighted by Gasteiger charge is -2.35. The molecule has 0 bridgehead atoms. The van der Waals surface area contributed by atoms with Gasteiger partial charge in [0.15, 0.2) is 0 Å². The fourth-order valence-corrected chi connectivity index (χ4v) is 2.70. The molecule has 110 valence electrons. The van der Waals surface area contributed by atoms with Gasteiger partial charge in [0.05, 0.1) is 6.67 Å². The van der Waals surface area contributed by atoms with Gasteiger partial charge in [0.1, 0.15) is 5.82 Å². The maximum atomic E-state index is 11.7. The molecule has 2 aliphatic rings. The third-order valence-electron chi connectivity index (χ3n) is 3.81. The average molecular weight is 277 g/mol. The summed E-state index contributed by atoms with van der Waals surface area (Å²) in [6, 6.07) is 0. The van der Waals surface area contributed by atoms with Crippen LogP contribution in [0, 0.1) is 5.21 Å². The average Bonchev–Trinajstić information content (AvgIpc) is 2.49. The van der Waals surface area contributed by atoms with Gasteiger partial charge in [-0.3, -0.25) is 5.32 Å².